The molecular weight excluding hydrogens is 361 g/mol. The van der Waals surface area contributed by atoms with Crippen molar-refractivity contribution < 1.29 is 13.2 Å². The second-order valence-corrected chi connectivity index (χ2v) is 7.93. The number of hydrogen-bond acceptors (Lipinski definition) is 4. The zero-order valence-corrected chi connectivity index (χ0v) is 14.5. The monoisotopic (exact) mass is 373 g/mol. The SMILES string of the molecule is CS(=O)(=O)NC(=O)c1nn(-c2ccc(Cl)cc2Cl)c2c1CCC2. The molecule has 0 saturated heterocycles. The Morgan fingerprint density at radius 1 is 1.30 bits per heavy atom. The predicted octanol–water partition coefficient (Wildman–Crippen LogP) is 2.36. The molecule has 1 amide bonds. The third-order valence-corrected chi connectivity index (χ3v) is 4.66. The van der Waals surface area contributed by atoms with Crippen molar-refractivity contribution in [3.8, 4) is 5.69 Å². The van der Waals surface area contributed by atoms with Gasteiger partial charge in [0, 0.05) is 16.3 Å². The van der Waals surface area contributed by atoms with Crippen LogP contribution in [0.2, 0.25) is 10.0 Å². The predicted molar refractivity (Wildman–Crippen MR) is 87.9 cm³/mol. The van der Waals surface area contributed by atoms with Crippen LogP contribution in [0, 0.1) is 0 Å². The highest BCUT2D eigenvalue weighted by Crippen LogP contribution is 2.31. The van der Waals surface area contributed by atoms with Crippen molar-refractivity contribution in [1.82, 2.24) is 14.5 Å². The minimum Gasteiger partial charge on any atom is -0.266 e. The van der Waals surface area contributed by atoms with Gasteiger partial charge in [-0.3, -0.25) is 4.79 Å². The molecule has 0 spiro atoms. The van der Waals surface area contributed by atoms with Crippen LogP contribution in [0.25, 0.3) is 5.69 Å². The van der Waals surface area contributed by atoms with Gasteiger partial charge in [0.05, 0.1) is 17.0 Å². The van der Waals surface area contributed by atoms with Gasteiger partial charge in [-0.2, -0.15) is 5.10 Å². The van der Waals surface area contributed by atoms with E-state index in [1.807, 2.05) is 4.72 Å². The summed E-state index contributed by atoms with van der Waals surface area (Å²) in [5.41, 5.74) is 2.35. The topological polar surface area (TPSA) is 81.1 Å². The van der Waals surface area contributed by atoms with Crippen LogP contribution in [-0.2, 0) is 22.9 Å². The van der Waals surface area contributed by atoms with E-state index in [-0.39, 0.29) is 5.69 Å². The number of aromatic nitrogens is 2. The smallest absolute Gasteiger partial charge is 0.266 e. The maximum absolute atomic E-state index is 12.2. The van der Waals surface area contributed by atoms with E-state index in [9.17, 15) is 13.2 Å². The minimum atomic E-state index is -3.65. The van der Waals surface area contributed by atoms with Crippen molar-refractivity contribution >= 4 is 39.1 Å². The Labute approximate surface area is 143 Å². The van der Waals surface area contributed by atoms with Crippen molar-refractivity contribution in [3.05, 3.63) is 45.2 Å². The first kappa shape index (κ1) is 16.3. The normalized spacial score (nSPS) is 13.9. The summed E-state index contributed by atoms with van der Waals surface area (Å²) >= 11 is 12.1. The van der Waals surface area contributed by atoms with E-state index >= 15 is 0 Å². The van der Waals surface area contributed by atoms with E-state index in [4.69, 9.17) is 23.2 Å². The van der Waals surface area contributed by atoms with E-state index in [0.29, 0.717) is 22.2 Å². The maximum Gasteiger partial charge on any atom is 0.285 e. The van der Waals surface area contributed by atoms with Crippen LogP contribution < -0.4 is 4.72 Å². The van der Waals surface area contributed by atoms with Crippen LogP contribution in [0.5, 0.6) is 0 Å². The van der Waals surface area contributed by atoms with Crippen LogP contribution in [0.1, 0.15) is 28.2 Å². The first-order valence-electron chi connectivity index (χ1n) is 6.84. The lowest BCUT2D eigenvalue weighted by molar-refractivity contribution is 0.0975. The minimum absolute atomic E-state index is 0.119. The van der Waals surface area contributed by atoms with E-state index < -0.39 is 15.9 Å². The number of carbonyl (C=O) groups is 1. The second-order valence-electron chi connectivity index (χ2n) is 5.34. The molecular formula is C14H13Cl2N3O3S. The van der Waals surface area contributed by atoms with Gasteiger partial charge < -0.3 is 0 Å². The molecule has 0 radical (unpaired) electrons. The van der Waals surface area contributed by atoms with Gasteiger partial charge in [0.25, 0.3) is 5.91 Å². The average molecular weight is 374 g/mol. The van der Waals surface area contributed by atoms with E-state index in [0.717, 1.165) is 30.4 Å². The summed E-state index contributed by atoms with van der Waals surface area (Å²) in [5.74, 6) is -0.727. The highest BCUT2D eigenvalue weighted by atomic mass is 35.5. The van der Waals surface area contributed by atoms with Gasteiger partial charge in [0.15, 0.2) is 5.69 Å². The van der Waals surface area contributed by atoms with Crippen LogP contribution >= 0.6 is 23.2 Å². The highest BCUT2D eigenvalue weighted by Gasteiger charge is 2.28. The number of carbonyl (C=O) groups excluding carboxylic acids is 1. The van der Waals surface area contributed by atoms with Crippen LogP contribution in [0.4, 0.5) is 0 Å². The quantitative estimate of drug-likeness (QED) is 0.894. The molecule has 1 N–H and O–H groups in total. The van der Waals surface area contributed by atoms with Gasteiger partial charge in [-0.05, 0) is 37.5 Å². The summed E-state index contributed by atoms with van der Waals surface area (Å²) in [6.07, 6.45) is 3.22. The summed E-state index contributed by atoms with van der Waals surface area (Å²) in [6, 6.07) is 4.99. The first-order chi connectivity index (χ1) is 10.8. The molecule has 2 aromatic rings. The molecule has 1 aliphatic carbocycles. The first-order valence-corrected chi connectivity index (χ1v) is 9.49. The zero-order chi connectivity index (χ0) is 16.8. The fourth-order valence-corrected chi connectivity index (χ4v) is 3.61. The van der Waals surface area contributed by atoms with Gasteiger partial charge in [0.1, 0.15) is 0 Å². The molecule has 0 atom stereocenters. The second kappa shape index (κ2) is 5.81. The standard InChI is InChI=1S/C14H13Cl2N3O3S/c1-23(21,22)18-14(20)13-9-3-2-4-11(9)19(17-13)12-6-5-8(15)7-10(12)16/h5-7H,2-4H2,1H3,(H,18,20). The van der Waals surface area contributed by atoms with Gasteiger partial charge in [-0.15, -0.1) is 0 Å². The Hall–Kier alpha value is -1.57. The summed E-state index contributed by atoms with van der Waals surface area (Å²) in [4.78, 5) is 12.2. The lowest BCUT2D eigenvalue weighted by Crippen LogP contribution is -2.30. The molecule has 1 aliphatic rings. The number of rotatable bonds is 3. The Morgan fingerprint density at radius 2 is 2.04 bits per heavy atom. The summed E-state index contributed by atoms with van der Waals surface area (Å²) in [7, 11) is -3.65. The van der Waals surface area contributed by atoms with Crippen LogP contribution in [0.3, 0.4) is 0 Å². The fraction of sp³-hybridized carbons (Fsp3) is 0.286. The van der Waals surface area contributed by atoms with Gasteiger partial charge in [-0.1, -0.05) is 23.2 Å². The third kappa shape index (κ3) is 3.22. The summed E-state index contributed by atoms with van der Waals surface area (Å²) < 4.78 is 26.1. The lowest BCUT2D eigenvalue weighted by atomic mass is 10.2. The Morgan fingerprint density at radius 3 is 2.70 bits per heavy atom. The molecule has 0 saturated carbocycles. The molecule has 1 aromatic carbocycles. The largest absolute Gasteiger partial charge is 0.285 e. The third-order valence-electron chi connectivity index (χ3n) is 3.56. The number of halogens is 2. The van der Waals surface area contributed by atoms with Crippen molar-refractivity contribution in [2.45, 2.75) is 19.3 Å². The molecule has 0 unspecified atom stereocenters. The number of hydrogen-bond donors (Lipinski definition) is 1. The number of sulfonamides is 1. The van der Waals surface area contributed by atoms with Crippen molar-refractivity contribution in [1.29, 1.82) is 0 Å². The molecule has 0 fully saturated rings. The highest BCUT2D eigenvalue weighted by molar-refractivity contribution is 7.89. The van der Waals surface area contributed by atoms with Crippen LogP contribution in [0.15, 0.2) is 18.2 Å². The Balaban J connectivity index is 2.10. The molecule has 23 heavy (non-hydrogen) atoms. The number of nitrogens with zero attached hydrogens (tertiary/aromatic N) is 2. The molecule has 9 heteroatoms. The van der Waals surface area contributed by atoms with E-state index in [1.165, 1.54) is 0 Å². The Bertz CT molecular complexity index is 906. The lowest BCUT2D eigenvalue weighted by Gasteiger charge is -2.08. The molecule has 1 heterocycles. The average Bonchev–Trinajstić information content (AvgIpc) is 2.98. The van der Waals surface area contributed by atoms with Gasteiger partial charge >= 0.3 is 0 Å². The van der Waals surface area contributed by atoms with Crippen molar-refractivity contribution in [2.24, 2.45) is 0 Å². The summed E-state index contributed by atoms with van der Waals surface area (Å²) in [5, 5.41) is 5.19. The van der Waals surface area contributed by atoms with Crippen molar-refractivity contribution in [2.75, 3.05) is 6.26 Å². The molecule has 6 nitrogen and oxygen atoms in total. The molecule has 1 aromatic heterocycles. The van der Waals surface area contributed by atoms with E-state index in [2.05, 4.69) is 5.10 Å². The van der Waals surface area contributed by atoms with Gasteiger partial charge in [-0.25, -0.2) is 17.8 Å². The summed E-state index contributed by atoms with van der Waals surface area (Å²) in [6.45, 7) is 0. The molecule has 0 aliphatic heterocycles. The molecule has 122 valence electrons. The maximum atomic E-state index is 12.2. The number of benzene rings is 1. The van der Waals surface area contributed by atoms with Gasteiger partial charge in [0.2, 0.25) is 10.0 Å². The number of fused-ring (bicyclic) bond motifs is 1. The zero-order valence-electron chi connectivity index (χ0n) is 12.1. The number of nitrogens with one attached hydrogen (secondary N) is 1. The van der Waals surface area contributed by atoms with Crippen LogP contribution in [-0.4, -0.2) is 30.4 Å². The molecule has 0 bridgehead atoms. The van der Waals surface area contributed by atoms with E-state index in [1.54, 1.807) is 22.9 Å². The number of amides is 1. The Kier molecular flexibility index (Phi) is 4.12. The fourth-order valence-electron chi connectivity index (χ4n) is 2.69. The van der Waals surface area contributed by atoms with Crippen molar-refractivity contribution in [3.63, 3.8) is 0 Å². The molecule has 3 rings (SSSR count).